The molecule has 4 heteroatoms. The number of nitrogens with two attached hydrogens (primary N) is 1. The number of nitrogens with one attached hydrogen (secondary N) is 1. The molecule has 76 valence electrons. The second-order valence-corrected chi connectivity index (χ2v) is 4.00. The molecule has 0 aliphatic rings. The number of hydrogen-bond acceptors (Lipinski definition) is 3. The number of hydrazine groups is 1. The molecule has 3 N–H and O–H groups in total. The monoisotopic (exact) mass is 263 g/mol. The lowest BCUT2D eigenvalue weighted by Crippen LogP contribution is -2.06. The molecule has 0 saturated carbocycles. The largest absolute Gasteiger partial charge is 0.324 e. The standard InChI is InChI=1S/C11H10BrN3/c12-9-3-1-2-8(6-9)11-7-10(15-13)4-5-14-11/h1-7H,13H2,(H,14,15). The first-order valence-corrected chi connectivity index (χ1v) is 5.27. The molecule has 3 nitrogen and oxygen atoms in total. The average Bonchev–Trinajstić information content (AvgIpc) is 2.29. The normalized spacial score (nSPS) is 10.0. The Hall–Kier alpha value is -1.39. The van der Waals surface area contributed by atoms with Gasteiger partial charge in [-0.15, -0.1) is 0 Å². The highest BCUT2D eigenvalue weighted by atomic mass is 79.9. The van der Waals surface area contributed by atoms with Crippen LogP contribution in [0.2, 0.25) is 0 Å². The van der Waals surface area contributed by atoms with Gasteiger partial charge in [-0.2, -0.15) is 0 Å². The lowest BCUT2D eigenvalue weighted by Gasteiger charge is -2.04. The third-order valence-electron chi connectivity index (χ3n) is 2.05. The Morgan fingerprint density at radius 1 is 1.20 bits per heavy atom. The molecule has 0 spiro atoms. The SMILES string of the molecule is NNc1ccnc(-c2cccc(Br)c2)c1. The van der Waals surface area contributed by atoms with Crippen molar-refractivity contribution in [2.45, 2.75) is 0 Å². The molecule has 1 aromatic heterocycles. The fraction of sp³-hybridized carbons (Fsp3) is 0. The maximum atomic E-state index is 5.34. The van der Waals surface area contributed by atoms with Gasteiger partial charge in [0, 0.05) is 16.2 Å². The summed E-state index contributed by atoms with van der Waals surface area (Å²) in [4.78, 5) is 4.28. The summed E-state index contributed by atoms with van der Waals surface area (Å²) in [5, 5.41) is 0. The van der Waals surface area contributed by atoms with E-state index < -0.39 is 0 Å². The summed E-state index contributed by atoms with van der Waals surface area (Å²) in [6, 6.07) is 11.7. The van der Waals surface area contributed by atoms with Crippen LogP contribution in [0.3, 0.4) is 0 Å². The van der Waals surface area contributed by atoms with Crippen molar-refractivity contribution < 1.29 is 0 Å². The number of aromatic nitrogens is 1. The number of nitrogens with zero attached hydrogens (tertiary/aromatic N) is 1. The molecule has 1 heterocycles. The molecule has 2 aromatic rings. The van der Waals surface area contributed by atoms with E-state index >= 15 is 0 Å². The van der Waals surface area contributed by atoms with Crippen molar-refractivity contribution in [1.29, 1.82) is 0 Å². The molecule has 1 aromatic carbocycles. The third kappa shape index (κ3) is 2.34. The zero-order valence-corrected chi connectivity index (χ0v) is 9.53. The van der Waals surface area contributed by atoms with Crippen molar-refractivity contribution >= 4 is 21.6 Å². The Morgan fingerprint density at radius 3 is 2.80 bits per heavy atom. The first-order valence-electron chi connectivity index (χ1n) is 4.48. The van der Waals surface area contributed by atoms with Crippen LogP contribution in [0.25, 0.3) is 11.3 Å². The molecular formula is C11H10BrN3. The molecule has 0 bridgehead atoms. The molecule has 15 heavy (non-hydrogen) atoms. The third-order valence-corrected chi connectivity index (χ3v) is 2.54. The van der Waals surface area contributed by atoms with E-state index in [0.717, 1.165) is 21.4 Å². The minimum Gasteiger partial charge on any atom is -0.324 e. The van der Waals surface area contributed by atoms with Gasteiger partial charge in [0.2, 0.25) is 0 Å². The minimum atomic E-state index is 0.847. The van der Waals surface area contributed by atoms with E-state index in [1.54, 1.807) is 6.20 Å². The van der Waals surface area contributed by atoms with E-state index in [1.165, 1.54) is 0 Å². The lowest BCUT2D eigenvalue weighted by molar-refractivity contribution is 1.28. The van der Waals surface area contributed by atoms with E-state index in [1.807, 2.05) is 36.4 Å². The Kier molecular flexibility index (Phi) is 2.99. The first-order chi connectivity index (χ1) is 7.29. The van der Waals surface area contributed by atoms with Gasteiger partial charge in [-0.1, -0.05) is 28.1 Å². The number of halogens is 1. The van der Waals surface area contributed by atoms with Crippen LogP contribution in [0.4, 0.5) is 5.69 Å². The van der Waals surface area contributed by atoms with E-state index in [-0.39, 0.29) is 0 Å². The first kappa shape index (κ1) is 10.1. The van der Waals surface area contributed by atoms with Gasteiger partial charge in [0.15, 0.2) is 0 Å². The highest BCUT2D eigenvalue weighted by molar-refractivity contribution is 9.10. The molecule has 0 aliphatic carbocycles. The highest BCUT2D eigenvalue weighted by Crippen LogP contribution is 2.22. The van der Waals surface area contributed by atoms with Crippen LogP contribution >= 0.6 is 15.9 Å². The highest BCUT2D eigenvalue weighted by Gasteiger charge is 2.00. The summed E-state index contributed by atoms with van der Waals surface area (Å²) in [5.41, 5.74) is 5.40. The second-order valence-electron chi connectivity index (χ2n) is 3.08. The fourth-order valence-electron chi connectivity index (χ4n) is 1.33. The fourth-order valence-corrected chi connectivity index (χ4v) is 1.73. The number of anilines is 1. The molecule has 0 radical (unpaired) electrons. The summed E-state index contributed by atoms with van der Waals surface area (Å²) >= 11 is 3.43. The van der Waals surface area contributed by atoms with Crippen molar-refractivity contribution in [2.24, 2.45) is 5.84 Å². The van der Waals surface area contributed by atoms with Crippen molar-refractivity contribution in [3.63, 3.8) is 0 Å². The zero-order chi connectivity index (χ0) is 10.7. The maximum absolute atomic E-state index is 5.34. The number of benzene rings is 1. The predicted molar refractivity (Wildman–Crippen MR) is 65.2 cm³/mol. The summed E-state index contributed by atoms with van der Waals surface area (Å²) in [7, 11) is 0. The molecule has 0 fully saturated rings. The number of hydrogen-bond donors (Lipinski definition) is 2. The van der Waals surface area contributed by atoms with Gasteiger partial charge in [-0.3, -0.25) is 10.8 Å². The molecule has 0 unspecified atom stereocenters. The van der Waals surface area contributed by atoms with Crippen molar-refractivity contribution in [3.8, 4) is 11.3 Å². The maximum Gasteiger partial charge on any atom is 0.0723 e. The van der Waals surface area contributed by atoms with Crippen LogP contribution < -0.4 is 11.3 Å². The number of pyridine rings is 1. The number of nitrogen functional groups attached to an aromatic ring is 1. The zero-order valence-electron chi connectivity index (χ0n) is 7.94. The summed E-state index contributed by atoms with van der Waals surface area (Å²) in [6.07, 6.45) is 1.73. The van der Waals surface area contributed by atoms with Gasteiger partial charge in [0.05, 0.1) is 11.4 Å². The van der Waals surface area contributed by atoms with Crippen LogP contribution in [0.5, 0.6) is 0 Å². The quantitative estimate of drug-likeness (QED) is 0.647. The van der Waals surface area contributed by atoms with Crippen LogP contribution in [0, 0.1) is 0 Å². The van der Waals surface area contributed by atoms with Crippen LogP contribution in [-0.4, -0.2) is 4.98 Å². The Bertz CT molecular complexity index is 471. The predicted octanol–water partition coefficient (Wildman–Crippen LogP) is 2.80. The van der Waals surface area contributed by atoms with E-state index in [4.69, 9.17) is 5.84 Å². The van der Waals surface area contributed by atoms with Gasteiger partial charge < -0.3 is 5.43 Å². The molecule has 0 atom stereocenters. The van der Waals surface area contributed by atoms with E-state index in [9.17, 15) is 0 Å². The Balaban J connectivity index is 2.44. The van der Waals surface area contributed by atoms with Crippen LogP contribution in [0.15, 0.2) is 47.1 Å². The Morgan fingerprint density at radius 2 is 2.07 bits per heavy atom. The second kappa shape index (κ2) is 4.42. The summed E-state index contributed by atoms with van der Waals surface area (Å²) in [6.45, 7) is 0. The van der Waals surface area contributed by atoms with Crippen molar-refractivity contribution in [3.05, 3.63) is 47.1 Å². The van der Waals surface area contributed by atoms with Crippen molar-refractivity contribution in [1.82, 2.24) is 4.98 Å². The van der Waals surface area contributed by atoms with Gasteiger partial charge in [0.1, 0.15) is 0 Å². The minimum absolute atomic E-state index is 0.847. The molecule has 0 amide bonds. The Labute approximate surface area is 96.4 Å². The van der Waals surface area contributed by atoms with Gasteiger partial charge in [-0.25, -0.2) is 0 Å². The summed E-state index contributed by atoms with van der Waals surface area (Å²) in [5.74, 6) is 5.34. The molecular weight excluding hydrogens is 254 g/mol. The molecule has 0 aliphatic heterocycles. The van der Waals surface area contributed by atoms with E-state index in [2.05, 4.69) is 26.3 Å². The lowest BCUT2D eigenvalue weighted by atomic mass is 10.1. The van der Waals surface area contributed by atoms with E-state index in [0.29, 0.717) is 0 Å². The number of rotatable bonds is 2. The summed E-state index contributed by atoms with van der Waals surface area (Å²) < 4.78 is 1.04. The molecule has 0 saturated heterocycles. The molecule has 2 rings (SSSR count). The van der Waals surface area contributed by atoms with Gasteiger partial charge >= 0.3 is 0 Å². The van der Waals surface area contributed by atoms with Gasteiger partial charge in [0.25, 0.3) is 0 Å². The van der Waals surface area contributed by atoms with Crippen LogP contribution in [-0.2, 0) is 0 Å². The topological polar surface area (TPSA) is 50.9 Å². The van der Waals surface area contributed by atoms with Crippen molar-refractivity contribution in [2.75, 3.05) is 5.43 Å². The average molecular weight is 264 g/mol. The van der Waals surface area contributed by atoms with Crippen LogP contribution in [0.1, 0.15) is 0 Å². The smallest absolute Gasteiger partial charge is 0.0723 e. The van der Waals surface area contributed by atoms with Gasteiger partial charge in [-0.05, 0) is 24.3 Å².